The third kappa shape index (κ3) is 1.69. The van der Waals surface area contributed by atoms with Crippen LogP contribution in [-0.2, 0) is 6.42 Å². The Labute approximate surface area is 101 Å². The number of anilines is 2. The number of benzene rings is 1. The molecule has 0 fully saturated rings. The molecule has 0 aliphatic carbocycles. The van der Waals surface area contributed by atoms with Gasteiger partial charge in [-0.05, 0) is 30.5 Å². The minimum Gasteiger partial charge on any atom is -0.492 e. The molecule has 0 saturated carbocycles. The van der Waals surface area contributed by atoms with Gasteiger partial charge in [0, 0.05) is 12.7 Å². The van der Waals surface area contributed by atoms with Crippen LogP contribution in [0.3, 0.4) is 0 Å². The number of nitrogens with one attached hydrogen (secondary N) is 2. The van der Waals surface area contributed by atoms with Gasteiger partial charge in [-0.15, -0.1) is 0 Å². The van der Waals surface area contributed by atoms with Gasteiger partial charge in [-0.2, -0.15) is 0 Å². The molecule has 0 aromatic heterocycles. The number of ether oxygens (including phenoxy) is 1. The van der Waals surface area contributed by atoms with Gasteiger partial charge in [-0.3, -0.25) is 5.01 Å². The van der Waals surface area contributed by atoms with Crippen LogP contribution in [0.2, 0.25) is 0 Å². The van der Waals surface area contributed by atoms with Crippen LogP contribution in [0.25, 0.3) is 0 Å². The molecule has 0 saturated heterocycles. The number of hydrogen-bond acceptors (Lipinski definition) is 4. The summed E-state index contributed by atoms with van der Waals surface area (Å²) in [6.07, 6.45) is 6.36. The Morgan fingerprint density at radius 2 is 2.29 bits per heavy atom. The van der Waals surface area contributed by atoms with E-state index in [1.165, 1.54) is 12.0 Å². The van der Waals surface area contributed by atoms with Crippen LogP contribution in [-0.4, -0.2) is 20.2 Å². The highest BCUT2D eigenvalue weighted by molar-refractivity contribution is 5.76. The number of hydrazine groups is 1. The molecular weight excluding hydrogens is 214 g/mol. The number of nitrogens with zero attached hydrogens (tertiary/aromatic N) is 1. The second-order valence-electron chi connectivity index (χ2n) is 4.32. The molecule has 2 aliphatic rings. The van der Waals surface area contributed by atoms with Gasteiger partial charge in [0.1, 0.15) is 5.69 Å². The number of methoxy groups -OCH3 is 1. The lowest BCUT2D eigenvalue weighted by Crippen LogP contribution is -2.30. The van der Waals surface area contributed by atoms with Crippen molar-refractivity contribution in [2.75, 3.05) is 30.5 Å². The summed E-state index contributed by atoms with van der Waals surface area (Å²) < 4.78 is 5.58. The van der Waals surface area contributed by atoms with Gasteiger partial charge in [0.25, 0.3) is 0 Å². The van der Waals surface area contributed by atoms with E-state index in [4.69, 9.17) is 4.74 Å². The first-order chi connectivity index (χ1) is 8.40. The molecule has 2 heterocycles. The third-order valence-corrected chi connectivity index (χ3v) is 3.28. The van der Waals surface area contributed by atoms with Gasteiger partial charge in [0.15, 0.2) is 5.75 Å². The van der Waals surface area contributed by atoms with E-state index in [0.717, 1.165) is 36.6 Å². The molecule has 2 aliphatic heterocycles. The van der Waals surface area contributed by atoms with E-state index in [1.807, 2.05) is 6.20 Å². The topological polar surface area (TPSA) is 36.5 Å². The fourth-order valence-electron chi connectivity index (χ4n) is 2.45. The normalized spacial score (nSPS) is 17.4. The quantitative estimate of drug-likeness (QED) is 0.815. The standard InChI is InChI=1S/C13H17N3O/c1-17-13-11(16-9-3-8-15-16)6-5-10-4-2-7-14-12(10)13/h3,5-6,8,14-15H,2,4,7,9H2,1H3. The molecule has 0 radical (unpaired) electrons. The zero-order valence-electron chi connectivity index (χ0n) is 9.99. The van der Waals surface area contributed by atoms with Crippen molar-refractivity contribution < 1.29 is 4.74 Å². The molecule has 3 rings (SSSR count). The predicted octanol–water partition coefficient (Wildman–Crippen LogP) is 1.89. The fraction of sp³-hybridized carbons (Fsp3) is 0.385. The van der Waals surface area contributed by atoms with Crippen LogP contribution in [0.15, 0.2) is 24.4 Å². The maximum Gasteiger partial charge on any atom is 0.167 e. The Morgan fingerprint density at radius 1 is 1.35 bits per heavy atom. The highest BCUT2D eigenvalue weighted by Gasteiger charge is 2.20. The molecular formula is C13H17N3O. The Hall–Kier alpha value is -1.84. The minimum absolute atomic E-state index is 0.870. The van der Waals surface area contributed by atoms with Gasteiger partial charge in [-0.25, -0.2) is 0 Å². The molecule has 1 aromatic carbocycles. The van der Waals surface area contributed by atoms with Crippen molar-refractivity contribution in [3.8, 4) is 5.75 Å². The van der Waals surface area contributed by atoms with E-state index in [0.29, 0.717) is 0 Å². The van der Waals surface area contributed by atoms with Crippen molar-refractivity contribution in [3.63, 3.8) is 0 Å². The Bertz CT molecular complexity index is 448. The van der Waals surface area contributed by atoms with Crippen LogP contribution in [0.4, 0.5) is 11.4 Å². The zero-order valence-corrected chi connectivity index (χ0v) is 9.99. The summed E-state index contributed by atoms with van der Waals surface area (Å²) in [5.41, 5.74) is 6.80. The van der Waals surface area contributed by atoms with E-state index < -0.39 is 0 Å². The van der Waals surface area contributed by atoms with Crippen molar-refractivity contribution >= 4 is 11.4 Å². The maximum atomic E-state index is 5.58. The Balaban J connectivity index is 2.03. The van der Waals surface area contributed by atoms with Gasteiger partial charge in [-0.1, -0.05) is 6.07 Å². The molecule has 0 spiro atoms. The second-order valence-corrected chi connectivity index (χ2v) is 4.32. The Morgan fingerprint density at radius 3 is 3.06 bits per heavy atom. The molecule has 90 valence electrons. The van der Waals surface area contributed by atoms with E-state index in [1.54, 1.807) is 7.11 Å². The average molecular weight is 231 g/mol. The molecule has 0 unspecified atom stereocenters. The van der Waals surface area contributed by atoms with Crippen LogP contribution in [0.5, 0.6) is 5.75 Å². The average Bonchev–Trinajstić information content (AvgIpc) is 2.91. The fourth-order valence-corrected chi connectivity index (χ4v) is 2.45. The van der Waals surface area contributed by atoms with Crippen LogP contribution in [0.1, 0.15) is 12.0 Å². The summed E-state index contributed by atoms with van der Waals surface area (Å²) in [6.45, 7) is 1.90. The third-order valence-electron chi connectivity index (χ3n) is 3.28. The van der Waals surface area contributed by atoms with Crippen molar-refractivity contribution in [2.45, 2.75) is 12.8 Å². The molecule has 17 heavy (non-hydrogen) atoms. The van der Waals surface area contributed by atoms with Crippen molar-refractivity contribution in [3.05, 3.63) is 30.0 Å². The number of aryl methyl sites for hydroxylation is 1. The van der Waals surface area contributed by atoms with Gasteiger partial charge >= 0.3 is 0 Å². The van der Waals surface area contributed by atoms with Crippen molar-refractivity contribution in [1.29, 1.82) is 0 Å². The smallest absolute Gasteiger partial charge is 0.167 e. The zero-order chi connectivity index (χ0) is 11.7. The second kappa shape index (κ2) is 4.20. The monoisotopic (exact) mass is 231 g/mol. The highest BCUT2D eigenvalue weighted by atomic mass is 16.5. The highest BCUT2D eigenvalue weighted by Crippen LogP contribution is 2.40. The van der Waals surface area contributed by atoms with E-state index in [-0.39, 0.29) is 0 Å². The lowest BCUT2D eigenvalue weighted by atomic mass is 10.0. The van der Waals surface area contributed by atoms with Gasteiger partial charge in [0.05, 0.1) is 19.3 Å². The number of rotatable bonds is 2. The summed E-state index contributed by atoms with van der Waals surface area (Å²) in [5, 5.41) is 5.52. The SMILES string of the molecule is COc1c(N2CC=CN2)ccc2c1NCCC2. The molecule has 1 aromatic rings. The number of hydrogen-bond donors (Lipinski definition) is 2. The van der Waals surface area contributed by atoms with Crippen molar-refractivity contribution in [2.24, 2.45) is 0 Å². The summed E-state index contributed by atoms with van der Waals surface area (Å²) in [7, 11) is 1.74. The first kappa shape index (κ1) is 10.3. The van der Waals surface area contributed by atoms with E-state index in [2.05, 4.69) is 34.0 Å². The summed E-state index contributed by atoms with van der Waals surface area (Å²) in [5.74, 6) is 0.943. The summed E-state index contributed by atoms with van der Waals surface area (Å²) in [6, 6.07) is 4.32. The minimum atomic E-state index is 0.870. The largest absolute Gasteiger partial charge is 0.492 e. The molecule has 4 nitrogen and oxygen atoms in total. The predicted molar refractivity (Wildman–Crippen MR) is 69.4 cm³/mol. The van der Waals surface area contributed by atoms with Crippen molar-refractivity contribution in [1.82, 2.24) is 5.43 Å². The first-order valence-electron chi connectivity index (χ1n) is 6.02. The summed E-state index contributed by atoms with van der Waals surface area (Å²) >= 11 is 0. The van der Waals surface area contributed by atoms with E-state index >= 15 is 0 Å². The van der Waals surface area contributed by atoms with Crippen LogP contribution >= 0.6 is 0 Å². The molecule has 0 atom stereocenters. The summed E-state index contributed by atoms with van der Waals surface area (Å²) in [4.78, 5) is 0. The van der Waals surface area contributed by atoms with Gasteiger partial charge in [0.2, 0.25) is 0 Å². The van der Waals surface area contributed by atoms with Crippen LogP contribution in [0, 0.1) is 0 Å². The number of fused-ring (bicyclic) bond motifs is 1. The molecule has 2 N–H and O–H groups in total. The maximum absolute atomic E-state index is 5.58. The first-order valence-corrected chi connectivity index (χ1v) is 6.02. The lowest BCUT2D eigenvalue weighted by molar-refractivity contribution is 0.414. The Kier molecular flexibility index (Phi) is 2.55. The molecule has 0 amide bonds. The van der Waals surface area contributed by atoms with Gasteiger partial charge < -0.3 is 15.5 Å². The lowest BCUT2D eigenvalue weighted by Gasteiger charge is -2.26. The van der Waals surface area contributed by atoms with E-state index in [9.17, 15) is 0 Å². The molecule has 4 heteroatoms. The van der Waals surface area contributed by atoms with Crippen LogP contribution < -0.4 is 20.5 Å². The molecule has 0 bridgehead atoms.